The number of alkyl halides is 3. The zero-order valence-corrected chi connectivity index (χ0v) is 22.9. The molecule has 4 rings (SSSR count). The van der Waals surface area contributed by atoms with Gasteiger partial charge in [-0.3, -0.25) is 4.79 Å². The van der Waals surface area contributed by atoms with Crippen molar-refractivity contribution >= 4 is 22.8 Å². The molecule has 1 heterocycles. The van der Waals surface area contributed by atoms with Gasteiger partial charge in [0.2, 0.25) is 0 Å². The van der Waals surface area contributed by atoms with E-state index in [9.17, 15) is 27.9 Å². The van der Waals surface area contributed by atoms with Crippen LogP contribution in [-0.2, 0) is 11.2 Å². The van der Waals surface area contributed by atoms with E-state index in [0.29, 0.717) is 5.75 Å². The number of aliphatic hydroxyl groups excluding tert-OH is 1. The second-order valence-electron chi connectivity index (χ2n) is 9.62. The highest BCUT2D eigenvalue weighted by Crippen LogP contribution is 2.29. The van der Waals surface area contributed by atoms with Gasteiger partial charge in [-0.05, 0) is 61.4 Å². The topological polar surface area (TPSA) is 110 Å². The molecule has 1 amide bonds. The number of amides is 1. The highest BCUT2D eigenvalue weighted by Gasteiger charge is 2.34. The number of methoxy groups -OCH3 is 2. The van der Waals surface area contributed by atoms with E-state index < -0.39 is 41.7 Å². The lowest BCUT2D eigenvalue weighted by atomic mass is 9.92. The molecule has 11 heteroatoms. The van der Waals surface area contributed by atoms with Gasteiger partial charge in [-0.1, -0.05) is 30.0 Å². The van der Waals surface area contributed by atoms with Crippen LogP contribution in [0.25, 0.3) is 10.9 Å². The van der Waals surface area contributed by atoms with Crippen LogP contribution in [0.3, 0.4) is 0 Å². The number of aromatic nitrogens is 1. The molecule has 218 valence electrons. The van der Waals surface area contributed by atoms with Crippen molar-refractivity contribution in [3.63, 3.8) is 0 Å². The number of nitrogens with one attached hydrogen (secondary N) is 2. The predicted octanol–water partition coefficient (Wildman–Crippen LogP) is 4.99. The Kier molecular flexibility index (Phi) is 8.78. The number of carbonyl (C=O) groups is 2. The fraction of sp³-hybridized carbons (Fsp3) is 0.226. The van der Waals surface area contributed by atoms with Crippen molar-refractivity contribution in [3.8, 4) is 23.3 Å². The minimum atomic E-state index is -5.06. The molecule has 0 saturated heterocycles. The summed E-state index contributed by atoms with van der Waals surface area (Å²) >= 11 is 0. The van der Waals surface area contributed by atoms with Crippen LogP contribution in [0.5, 0.6) is 11.5 Å². The number of fused-ring (bicyclic) bond motifs is 1. The van der Waals surface area contributed by atoms with Crippen molar-refractivity contribution in [2.75, 3.05) is 20.8 Å². The van der Waals surface area contributed by atoms with E-state index in [4.69, 9.17) is 9.47 Å². The number of aromatic amines is 1. The summed E-state index contributed by atoms with van der Waals surface area (Å²) in [6, 6.07) is 15.4. The Morgan fingerprint density at radius 3 is 2.45 bits per heavy atom. The molecule has 0 saturated carbocycles. The quantitative estimate of drug-likeness (QED) is 0.200. The summed E-state index contributed by atoms with van der Waals surface area (Å²) in [5.74, 6) is 3.65. The molecule has 0 radical (unpaired) electrons. The van der Waals surface area contributed by atoms with Crippen molar-refractivity contribution in [2.24, 2.45) is 0 Å². The number of halogens is 3. The fourth-order valence-electron chi connectivity index (χ4n) is 4.36. The first kappa shape index (κ1) is 30.0. The maximum atomic E-state index is 13.4. The number of carbonyl (C=O) groups excluding carboxylic acids is 2. The molecule has 1 aromatic heterocycles. The van der Waals surface area contributed by atoms with Gasteiger partial charge < -0.3 is 29.6 Å². The van der Waals surface area contributed by atoms with Crippen LogP contribution in [0.2, 0.25) is 0 Å². The maximum absolute atomic E-state index is 13.4. The normalized spacial score (nSPS) is 12.5. The molecule has 8 nitrogen and oxygen atoms in total. The Bertz CT molecular complexity index is 1690. The van der Waals surface area contributed by atoms with Crippen molar-refractivity contribution in [1.82, 2.24) is 10.3 Å². The fourth-order valence-corrected chi connectivity index (χ4v) is 4.36. The van der Waals surface area contributed by atoms with Crippen LogP contribution in [0, 0.1) is 11.8 Å². The molecule has 0 spiro atoms. The molecular formula is C31H27F3N2O6. The molecular weight excluding hydrogens is 553 g/mol. The lowest BCUT2D eigenvalue weighted by Crippen LogP contribution is -2.50. The van der Waals surface area contributed by atoms with E-state index in [1.807, 2.05) is 24.3 Å². The number of aliphatic hydroxyl groups is 1. The first-order chi connectivity index (χ1) is 19.9. The van der Waals surface area contributed by atoms with E-state index in [1.165, 1.54) is 32.4 Å². The lowest BCUT2D eigenvalue weighted by molar-refractivity contribution is -0.274. The average Bonchev–Trinajstić information content (AvgIpc) is 3.37. The van der Waals surface area contributed by atoms with Gasteiger partial charge in [0.05, 0.1) is 37.5 Å². The molecule has 0 fully saturated rings. The van der Waals surface area contributed by atoms with Crippen LogP contribution in [-0.4, -0.2) is 54.7 Å². The zero-order chi connectivity index (χ0) is 30.5. The molecule has 0 aliphatic rings. The van der Waals surface area contributed by atoms with Gasteiger partial charge in [-0.25, -0.2) is 4.79 Å². The highest BCUT2D eigenvalue weighted by molar-refractivity contribution is 5.98. The van der Waals surface area contributed by atoms with E-state index in [2.05, 4.69) is 26.9 Å². The molecule has 3 aromatic carbocycles. The van der Waals surface area contributed by atoms with E-state index >= 15 is 0 Å². The highest BCUT2D eigenvalue weighted by atomic mass is 19.4. The number of esters is 1. The van der Waals surface area contributed by atoms with Crippen molar-refractivity contribution < 1.29 is 42.1 Å². The number of rotatable bonds is 8. The molecule has 0 aliphatic carbocycles. The van der Waals surface area contributed by atoms with Gasteiger partial charge in [-0.15, -0.1) is 13.2 Å². The summed E-state index contributed by atoms with van der Waals surface area (Å²) in [6.45, 7) is 1.08. The average molecular weight is 581 g/mol. The third-order valence-corrected chi connectivity index (χ3v) is 6.44. The van der Waals surface area contributed by atoms with Crippen LogP contribution in [0.15, 0.2) is 66.9 Å². The molecule has 3 N–H and O–H groups in total. The summed E-state index contributed by atoms with van der Waals surface area (Å²) in [6.07, 6.45) is -3.13. The van der Waals surface area contributed by atoms with Gasteiger partial charge in [0, 0.05) is 28.2 Å². The Morgan fingerprint density at radius 2 is 1.76 bits per heavy atom. The molecule has 0 aliphatic heterocycles. The number of hydrogen-bond acceptors (Lipinski definition) is 6. The second-order valence-corrected chi connectivity index (χ2v) is 9.62. The number of benzene rings is 3. The number of H-pyrrole nitrogens is 1. The monoisotopic (exact) mass is 580 g/mol. The van der Waals surface area contributed by atoms with Gasteiger partial charge in [0.25, 0.3) is 5.91 Å². The molecule has 1 atom stereocenters. The summed E-state index contributed by atoms with van der Waals surface area (Å²) in [5.41, 5.74) is 0.543. The van der Waals surface area contributed by atoms with Gasteiger partial charge in [0.1, 0.15) is 11.5 Å². The molecule has 4 aromatic rings. The largest absolute Gasteiger partial charge is 0.573 e. The molecule has 42 heavy (non-hydrogen) atoms. The van der Waals surface area contributed by atoms with Gasteiger partial charge >= 0.3 is 12.3 Å². The minimum Gasteiger partial charge on any atom is -0.497 e. The van der Waals surface area contributed by atoms with E-state index in [1.54, 1.807) is 19.2 Å². The van der Waals surface area contributed by atoms with Crippen LogP contribution >= 0.6 is 0 Å². The Hall–Kier alpha value is -4.95. The Morgan fingerprint density at radius 1 is 1.00 bits per heavy atom. The van der Waals surface area contributed by atoms with E-state index in [-0.39, 0.29) is 23.1 Å². The Labute approximate surface area is 239 Å². The third-order valence-electron chi connectivity index (χ3n) is 6.44. The van der Waals surface area contributed by atoms with Crippen LogP contribution < -0.4 is 14.8 Å². The standard InChI is InChI=1S/C31H27F3N2O6/c1-30(18-37,16-21-17-35-26-7-5-4-6-23(21)26)36-28(38)25-14-19(9-13-27(25)42-31(32,33)34)8-10-20-11-12-22(40-2)15-24(20)29(39)41-3/h4-7,9,11-15,17,35,37H,16,18H2,1-3H3,(H,36,38). The summed E-state index contributed by atoms with van der Waals surface area (Å²) in [4.78, 5) is 28.8. The SMILES string of the molecule is COC(=O)c1cc(OC)ccc1C#Cc1ccc(OC(F)(F)F)c(C(=O)NC(C)(CO)Cc2c[nH]c3ccccc23)c1. The lowest BCUT2D eigenvalue weighted by Gasteiger charge is -2.29. The van der Waals surface area contributed by atoms with Crippen molar-refractivity contribution in [2.45, 2.75) is 25.2 Å². The first-order valence-corrected chi connectivity index (χ1v) is 12.6. The smallest absolute Gasteiger partial charge is 0.497 e. The van der Waals surface area contributed by atoms with Gasteiger partial charge in [-0.2, -0.15) is 0 Å². The summed E-state index contributed by atoms with van der Waals surface area (Å²) in [7, 11) is 2.64. The molecule has 0 bridgehead atoms. The number of ether oxygens (including phenoxy) is 3. The van der Waals surface area contributed by atoms with Crippen molar-refractivity contribution in [3.05, 3.63) is 94.7 Å². The Balaban J connectivity index is 1.68. The van der Waals surface area contributed by atoms with Crippen LogP contribution in [0.4, 0.5) is 13.2 Å². The summed E-state index contributed by atoms with van der Waals surface area (Å²) in [5, 5.41) is 13.7. The van der Waals surface area contributed by atoms with Crippen molar-refractivity contribution in [1.29, 1.82) is 0 Å². The van der Waals surface area contributed by atoms with Gasteiger partial charge in [0.15, 0.2) is 0 Å². The third kappa shape index (κ3) is 7.03. The number of para-hydroxylation sites is 1. The minimum absolute atomic E-state index is 0.121. The number of hydrogen-bond donors (Lipinski definition) is 3. The zero-order valence-electron chi connectivity index (χ0n) is 22.9. The van der Waals surface area contributed by atoms with E-state index in [0.717, 1.165) is 28.6 Å². The first-order valence-electron chi connectivity index (χ1n) is 12.6. The summed E-state index contributed by atoms with van der Waals surface area (Å²) < 4.78 is 53.6. The maximum Gasteiger partial charge on any atom is 0.573 e. The van der Waals surface area contributed by atoms with Crippen LogP contribution in [0.1, 0.15) is 44.3 Å². The molecule has 1 unspecified atom stereocenters. The predicted molar refractivity (Wildman–Crippen MR) is 148 cm³/mol. The second kappa shape index (κ2) is 12.3.